The number of likely N-dealkylation sites (N-methyl/N-ethyl adjacent to an activating group) is 1. The van der Waals surface area contributed by atoms with Crippen LogP contribution in [0, 0.1) is 0 Å². The van der Waals surface area contributed by atoms with Crippen LogP contribution in [0.1, 0.15) is 12.5 Å². The van der Waals surface area contributed by atoms with Gasteiger partial charge < -0.3 is 14.9 Å². The molecule has 1 heterocycles. The average Bonchev–Trinajstić information content (AvgIpc) is 2.59. The number of fused-ring (bicyclic) bond motifs is 2. The van der Waals surface area contributed by atoms with Crippen LogP contribution in [-0.2, 0) is 4.79 Å². The highest BCUT2D eigenvalue weighted by molar-refractivity contribution is 7.99. The molecule has 0 amide bonds. The van der Waals surface area contributed by atoms with E-state index in [0.29, 0.717) is 6.04 Å². The predicted octanol–water partition coefficient (Wildman–Crippen LogP) is 4.76. The lowest BCUT2D eigenvalue weighted by Gasteiger charge is -2.36. The molecule has 6 heteroatoms. The SMILES string of the molecule is CC(CN1c2ccccc2Sc2cc(C=CC(=O)O)ccc21)N(C)C.Cl. The molecule has 1 unspecified atom stereocenters. The molecule has 26 heavy (non-hydrogen) atoms. The zero-order chi connectivity index (χ0) is 18.0. The fourth-order valence-electron chi connectivity index (χ4n) is 2.75. The maximum absolute atomic E-state index is 10.8. The first kappa shape index (κ1) is 20.4. The molecule has 0 fully saturated rings. The summed E-state index contributed by atoms with van der Waals surface area (Å²) in [5, 5.41) is 8.83. The minimum absolute atomic E-state index is 0. The molecule has 0 radical (unpaired) electrons. The van der Waals surface area contributed by atoms with Gasteiger partial charge in [0.1, 0.15) is 0 Å². The number of anilines is 2. The van der Waals surface area contributed by atoms with Crippen molar-refractivity contribution < 1.29 is 9.90 Å². The molecule has 0 saturated carbocycles. The third-order valence-electron chi connectivity index (χ3n) is 4.40. The first-order chi connectivity index (χ1) is 12.0. The number of carboxylic acid groups (broad SMARTS) is 1. The van der Waals surface area contributed by atoms with E-state index < -0.39 is 5.97 Å². The molecule has 4 nitrogen and oxygen atoms in total. The molecule has 3 rings (SSSR count). The number of rotatable bonds is 5. The molecule has 0 aromatic heterocycles. The Morgan fingerprint density at radius 3 is 2.58 bits per heavy atom. The Labute approximate surface area is 164 Å². The van der Waals surface area contributed by atoms with Gasteiger partial charge in [0.05, 0.1) is 11.4 Å². The lowest BCUT2D eigenvalue weighted by Crippen LogP contribution is -2.37. The maximum atomic E-state index is 10.8. The Bertz CT molecular complexity index is 823. The molecule has 0 saturated heterocycles. The lowest BCUT2D eigenvalue weighted by atomic mass is 10.1. The molecule has 1 N–H and O–H groups in total. The van der Waals surface area contributed by atoms with E-state index >= 15 is 0 Å². The van der Waals surface area contributed by atoms with Gasteiger partial charge in [-0.15, -0.1) is 12.4 Å². The highest BCUT2D eigenvalue weighted by Gasteiger charge is 2.25. The second-order valence-electron chi connectivity index (χ2n) is 6.39. The largest absolute Gasteiger partial charge is 0.478 e. The fraction of sp³-hybridized carbons (Fsp3) is 0.250. The quantitative estimate of drug-likeness (QED) is 0.745. The van der Waals surface area contributed by atoms with Crippen LogP contribution in [0.3, 0.4) is 0 Å². The number of carboxylic acids is 1. The van der Waals surface area contributed by atoms with Crippen LogP contribution in [0.4, 0.5) is 11.4 Å². The monoisotopic (exact) mass is 390 g/mol. The fourth-order valence-corrected chi connectivity index (χ4v) is 3.89. The molecule has 1 aliphatic rings. The predicted molar refractivity (Wildman–Crippen MR) is 111 cm³/mol. The molecule has 138 valence electrons. The van der Waals surface area contributed by atoms with Crippen molar-refractivity contribution in [2.45, 2.75) is 22.8 Å². The van der Waals surface area contributed by atoms with E-state index in [0.717, 1.165) is 17.0 Å². The van der Waals surface area contributed by atoms with Crippen LogP contribution < -0.4 is 4.90 Å². The van der Waals surface area contributed by atoms with Crippen molar-refractivity contribution >= 4 is 47.6 Å². The Morgan fingerprint density at radius 1 is 1.19 bits per heavy atom. The molecular weight excluding hydrogens is 368 g/mol. The summed E-state index contributed by atoms with van der Waals surface area (Å²) in [5.74, 6) is -0.933. The zero-order valence-electron chi connectivity index (χ0n) is 15.0. The van der Waals surface area contributed by atoms with Gasteiger partial charge in [-0.3, -0.25) is 0 Å². The van der Waals surface area contributed by atoms with Crippen molar-refractivity contribution in [2.24, 2.45) is 0 Å². The van der Waals surface area contributed by atoms with Crippen LogP contribution >= 0.6 is 24.2 Å². The summed E-state index contributed by atoms with van der Waals surface area (Å²) in [6, 6.07) is 14.9. The summed E-state index contributed by atoms with van der Waals surface area (Å²) in [4.78, 5) is 17.7. The molecule has 1 atom stereocenters. The number of benzene rings is 2. The van der Waals surface area contributed by atoms with Gasteiger partial charge in [-0.25, -0.2) is 4.79 Å². The van der Waals surface area contributed by atoms with Gasteiger partial charge >= 0.3 is 5.97 Å². The van der Waals surface area contributed by atoms with Crippen molar-refractivity contribution in [1.29, 1.82) is 0 Å². The van der Waals surface area contributed by atoms with Crippen molar-refractivity contribution in [3.63, 3.8) is 0 Å². The van der Waals surface area contributed by atoms with Gasteiger partial charge in [0, 0.05) is 28.5 Å². The summed E-state index contributed by atoms with van der Waals surface area (Å²) < 4.78 is 0. The van der Waals surface area contributed by atoms with E-state index in [1.54, 1.807) is 17.8 Å². The van der Waals surface area contributed by atoms with E-state index in [-0.39, 0.29) is 12.4 Å². The number of para-hydroxylation sites is 1. The number of hydrogen-bond donors (Lipinski definition) is 1. The van der Waals surface area contributed by atoms with E-state index in [1.165, 1.54) is 22.3 Å². The normalized spacial score (nSPS) is 13.9. The highest BCUT2D eigenvalue weighted by atomic mass is 35.5. The molecule has 2 aromatic rings. The number of halogens is 1. The molecule has 0 bridgehead atoms. The Balaban J connectivity index is 0.00000243. The Kier molecular flexibility index (Phi) is 6.75. The van der Waals surface area contributed by atoms with E-state index in [2.05, 4.69) is 67.2 Å². The average molecular weight is 391 g/mol. The number of nitrogens with zero attached hydrogens (tertiary/aromatic N) is 2. The summed E-state index contributed by atoms with van der Waals surface area (Å²) in [7, 11) is 4.19. The second-order valence-corrected chi connectivity index (χ2v) is 7.48. The van der Waals surface area contributed by atoms with Crippen LogP contribution in [0.15, 0.2) is 58.3 Å². The first-order valence-electron chi connectivity index (χ1n) is 8.21. The topological polar surface area (TPSA) is 43.8 Å². The third-order valence-corrected chi connectivity index (χ3v) is 5.51. The summed E-state index contributed by atoms with van der Waals surface area (Å²) in [6.07, 6.45) is 2.81. The number of aliphatic carboxylic acids is 1. The van der Waals surface area contributed by atoms with Gasteiger partial charge in [-0.05, 0) is 56.9 Å². The van der Waals surface area contributed by atoms with Crippen LogP contribution in [0.25, 0.3) is 6.08 Å². The molecule has 0 spiro atoms. The van der Waals surface area contributed by atoms with Gasteiger partial charge in [0.2, 0.25) is 0 Å². The van der Waals surface area contributed by atoms with Crippen molar-refractivity contribution in [2.75, 3.05) is 25.5 Å². The maximum Gasteiger partial charge on any atom is 0.328 e. The molecule has 1 aliphatic heterocycles. The van der Waals surface area contributed by atoms with Gasteiger partial charge in [-0.2, -0.15) is 0 Å². The van der Waals surface area contributed by atoms with Crippen molar-refractivity contribution in [1.82, 2.24) is 4.90 Å². The number of hydrogen-bond acceptors (Lipinski definition) is 4. The lowest BCUT2D eigenvalue weighted by molar-refractivity contribution is -0.131. The van der Waals surface area contributed by atoms with Gasteiger partial charge in [-0.1, -0.05) is 30.0 Å². The highest BCUT2D eigenvalue weighted by Crippen LogP contribution is 2.48. The molecule has 2 aromatic carbocycles. The summed E-state index contributed by atoms with van der Waals surface area (Å²) in [6.45, 7) is 3.11. The van der Waals surface area contributed by atoms with Crippen LogP contribution in [-0.4, -0.2) is 42.7 Å². The Morgan fingerprint density at radius 2 is 1.88 bits per heavy atom. The summed E-state index contributed by atoms with van der Waals surface area (Å²) >= 11 is 1.73. The van der Waals surface area contributed by atoms with Gasteiger partial charge in [0.25, 0.3) is 0 Å². The van der Waals surface area contributed by atoms with Crippen LogP contribution in [0.5, 0.6) is 0 Å². The minimum Gasteiger partial charge on any atom is -0.478 e. The van der Waals surface area contributed by atoms with E-state index in [1.807, 2.05) is 6.07 Å². The smallest absolute Gasteiger partial charge is 0.328 e. The van der Waals surface area contributed by atoms with Crippen molar-refractivity contribution in [3.05, 3.63) is 54.1 Å². The number of carbonyl (C=O) groups is 1. The standard InChI is InChI=1S/C20H22N2O2S.ClH/c1-14(21(2)3)13-22-16-6-4-5-7-18(16)25-19-12-15(8-10-17(19)22)9-11-20(23)24;/h4-12,14H,13H2,1-3H3,(H,23,24);1H. The Hall–Kier alpha value is -1.95. The zero-order valence-corrected chi connectivity index (χ0v) is 16.7. The van der Waals surface area contributed by atoms with Crippen LogP contribution in [0.2, 0.25) is 0 Å². The minimum atomic E-state index is -0.933. The van der Waals surface area contributed by atoms with Crippen molar-refractivity contribution in [3.8, 4) is 0 Å². The first-order valence-corrected chi connectivity index (χ1v) is 9.03. The van der Waals surface area contributed by atoms with E-state index in [4.69, 9.17) is 5.11 Å². The third kappa shape index (κ3) is 4.41. The second kappa shape index (κ2) is 8.62. The summed E-state index contributed by atoms with van der Waals surface area (Å²) in [5.41, 5.74) is 3.29. The van der Waals surface area contributed by atoms with E-state index in [9.17, 15) is 4.79 Å². The molecular formula is C20H23ClN2O2S. The van der Waals surface area contributed by atoms with Gasteiger partial charge in [0.15, 0.2) is 0 Å². The molecule has 0 aliphatic carbocycles.